The minimum atomic E-state index is -0.467. The number of thioether (sulfide) groups is 1. The third-order valence-corrected chi connectivity index (χ3v) is 7.46. The molecule has 0 aliphatic carbocycles. The number of H-pyrrole nitrogens is 1. The van der Waals surface area contributed by atoms with Crippen molar-refractivity contribution < 1.29 is 19.1 Å². The predicted octanol–water partition coefficient (Wildman–Crippen LogP) is 4.67. The maximum Gasteiger partial charge on any atom is 0.338 e. The van der Waals surface area contributed by atoms with Gasteiger partial charge >= 0.3 is 5.97 Å². The maximum atomic E-state index is 13.0. The summed E-state index contributed by atoms with van der Waals surface area (Å²) < 4.78 is 10.4. The molecule has 0 saturated carbocycles. The molecule has 8 nitrogen and oxygen atoms in total. The van der Waals surface area contributed by atoms with E-state index in [1.54, 1.807) is 7.11 Å². The first-order valence-electron chi connectivity index (χ1n) is 12.0. The number of allylic oxidation sites excluding steroid dienone is 1. The second-order valence-corrected chi connectivity index (χ2v) is 9.63. The number of aliphatic imine (C=N–C) groups is 1. The van der Waals surface area contributed by atoms with E-state index in [-0.39, 0.29) is 12.3 Å². The summed E-state index contributed by atoms with van der Waals surface area (Å²) in [6, 6.07) is 15.2. The van der Waals surface area contributed by atoms with Crippen LogP contribution in [0.25, 0.3) is 10.9 Å². The standard InChI is InChI=1S/C28H28N4O4S/c1-17-25(27(34)36-3)26(18-8-10-21(35-2)11-9-18)32-20(16-37-28(32)31-17)14-24(33)29-13-12-19-15-30-23-7-5-4-6-22(19)23/h4-11,15-16,26,30H,12-14H2,1-3H3,(H,29,33). The molecular formula is C28H28N4O4S. The lowest BCUT2D eigenvalue weighted by molar-refractivity contribution is -0.136. The lowest BCUT2D eigenvalue weighted by Gasteiger charge is -2.36. The average molecular weight is 517 g/mol. The second-order valence-electron chi connectivity index (χ2n) is 8.79. The van der Waals surface area contributed by atoms with Crippen molar-refractivity contribution in [2.45, 2.75) is 25.8 Å². The summed E-state index contributed by atoms with van der Waals surface area (Å²) in [6.45, 7) is 2.33. The lowest BCUT2D eigenvalue weighted by Crippen LogP contribution is -2.38. The fourth-order valence-corrected chi connectivity index (χ4v) is 5.71. The molecule has 1 unspecified atom stereocenters. The molecule has 5 rings (SSSR count). The number of methoxy groups -OCH3 is 2. The summed E-state index contributed by atoms with van der Waals surface area (Å²) in [7, 11) is 2.98. The van der Waals surface area contributed by atoms with Crippen LogP contribution in [0, 0.1) is 0 Å². The number of hydrogen-bond donors (Lipinski definition) is 2. The van der Waals surface area contributed by atoms with Gasteiger partial charge in [0.1, 0.15) is 5.75 Å². The highest BCUT2D eigenvalue weighted by atomic mass is 32.2. The fraction of sp³-hybridized carbons (Fsp3) is 0.250. The van der Waals surface area contributed by atoms with E-state index in [1.807, 2.05) is 65.9 Å². The van der Waals surface area contributed by atoms with Gasteiger partial charge in [-0.2, -0.15) is 0 Å². The van der Waals surface area contributed by atoms with Crippen LogP contribution in [0.5, 0.6) is 5.75 Å². The molecule has 190 valence electrons. The molecule has 2 aliphatic rings. The van der Waals surface area contributed by atoms with Gasteiger partial charge in [0, 0.05) is 29.3 Å². The van der Waals surface area contributed by atoms with E-state index in [2.05, 4.69) is 21.4 Å². The average Bonchev–Trinajstić information content (AvgIpc) is 3.51. The summed E-state index contributed by atoms with van der Waals surface area (Å²) in [6.07, 6.45) is 2.88. The van der Waals surface area contributed by atoms with E-state index >= 15 is 0 Å². The van der Waals surface area contributed by atoms with E-state index in [0.29, 0.717) is 17.8 Å². The summed E-state index contributed by atoms with van der Waals surface area (Å²) in [4.78, 5) is 35.7. The molecule has 0 bridgehead atoms. The van der Waals surface area contributed by atoms with Gasteiger partial charge in [-0.25, -0.2) is 9.79 Å². The SMILES string of the molecule is COC(=O)C1=C(C)N=C2SC=C(CC(=O)NCCc3c[nH]c4ccccc34)N2C1c1ccc(OC)cc1. The summed E-state index contributed by atoms with van der Waals surface area (Å²) in [5.74, 6) is 0.183. The minimum Gasteiger partial charge on any atom is -0.497 e. The zero-order valence-electron chi connectivity index (χ0n) is 20.9. The number of para-hydroxylation sites is 1. The van der Waals surface area contributed by atoms with E-state index in [4.69, 9.17) is 9.47 Å². The third kappa shape index (κ3) is 4.86. The van der Waals surface area contributed by atoms with E-state index in [9.17, 15) is 9.59 Å². The van der Waals surface area contributed by atoms with Gasteiger partial charge in [-0.15, -0.1) is 0 Å². The maximum absolute atomic E-state index is 13.0. The van der Waals surface area contributed by atoms with Gasteiger partial charge in [0.15, 0.2) is 5.17 Å². The first-order valence-corrected chi connectivity index (χ1v) is 12.9. The predicted molar refractivity (Wildman–Crippen MR) is 145 cm³/mol. The number of amidine groups is 1. The molecule has 2 aliphatic heterocycles. The molecule has 3 aromatic rings. The van der Waals surface area contributed by atoms with Gasteiger partial charge < -0.3 is 24.7 Å². The van der Waals surface area contributed by atoms with E-state index in [0.717, 1.165) is 34.1 Å². The van der Waals surface area contributed by atoms with Crippen molar-refractivity contribution in [3.63, 3.8) is 0 Å². The Hall–Kier alpha value is -3.98. The Balaban J connectivity index is 1.33. The number of amides is 1. The number of nitrogens with zero attached hydrogens (tertiary/aromatic N) is 2. The minimum absolute atomic E-state index is 0.0904. The molecule has 0 saturated heterocycles. The molecule has 0 spiro atoms. The monoisotopic (exact) mass is 516 g/mol. The van der Waals surface area contributed by atoms with Gasteiger partial charge in [-0.3, -0.25) is 4.79 Å². The zero-order valence-corrected chi connectivity index (χ0v) is 21.7. The van der Waals surface area contributed by atoms with Crippen molar-refractivity contribution in [2.24, 2.45) is 4.99 Å². The summed E-state index contributed by atoms with van der Waals surface area (Å²) in [5, 5.41) is 6.87. The Bertz CT molecular complexity index is 1440. The number of hydrogen-bond acceptors (Lipinski definition) is 7. The molecule has 2 N–H and O–H groups in total. The number of rotatable bonds is 8. The highest BCUT2D eigenvalue weighted by Crippen LogP contribution is 2.45. The van der Waals surface area contributed by atoms with Crippen LogP contribution >= 0.6 is 11.8 Å². The molecule has 3 heterocycles. The first-order chi connectivity index (χ1) is 18.0. The van der Waals surface area contributed by atoms with E-state index < -0.39 is 12.0 Å². The molecular weight excluding hydrogens is 488 g/mol. The van der Waals surface area contributed by atoms with Crippen molar-refractivity contribution in [1.82, 2.24) is 15.2 Å². The Morgan fingerprint density at radius 1 is 1.14 bits per heavy atom. The van der Waals surface area contributed by atoms with Crippen LogP contribution in [0.15, 0.2) is 82.1 Å². The molecule has 1 aromatic heterocycles. The molecule has 2 aromatic carbocycles. The third-order valence-electron chi connectivity index (χ3n) is 6.57. The summed E-state index contributed by atoms with van der Waals surface area (Å²) in [5.41, 5.74) is 4.96. The number of aromatic nitrogens is 1. The van der Waals surface area contributed by atoms with Crippen molar-refractivity contribution in [2.75, 3.05) is 20.8 Å². The van der Waals surface area contributed by atoms with Gasteiger partial charge in [0.2, 0.25) is 5.91 Å². The molecule has 0 fully saturated rings. The number of benzene rings is 2. The number of ether oxygens (including phenoxy) is 2. The largest absolute Gasteiger partial charge is 0.497 e. The fourth-order valence-electron chi connectivity index (χ4n) is 4.74. The number of aromatic amines is 1. The highest BCUT2D eigenvalue weighted by molar-refractivity contribution is 8.16. The molecule has 9 heteroatoms. The number of carbonyl (C=O) groups is 2. The molecule has 1 amide bonds. The Labute approximate surface area is 219 Å². The molecule has 37 heavy (non-hydrogen) atoms. The van der Waals surface area contributed by atoms with Gasteiger partial charge in [-0.1, -0.05) is 42.1 Å². The highest BCUT2D eigenvalue weighted by Gasteiger charge is 2.40. The van der Waals surface area contributed by atoms with Crippen molar-refractivity contribution in [3.8, 4) is 5.75 Å². The number of esters is 1. The van der Waals surface area contributed by atoms with Crippen LogP contribution in [0.3, 0.4) is 0 Å². The normalized spacial score (nSPS) is 16.8. The molecule has 0 radical (unpaired) electrons. The smallest absolute Gasteiger partial charge is 0.338 e. The van der Waals surface area contributed by atoms with Crippen LogP contribution < -0.4 is 10.1 Å². The van der Waals surface area contributed by atoms with Crippen LogP contribution in [-0.2, 0) is 20.7 Å². The van der Waals surface area contributed by atoms with Crippen LogP contribution in [0.1, 0.15) is 30.5 Å². The van der Waals surface area contributed by atoms with Crippen molar-refractivity contribution in [1.29, 1.82) is 0 Å². The zero-order chi connectivity index (χ0) is 25.9. The second kappa shape index (κ2) is 10.6. The van der Waals surface area contributed by atoms with Crippen LogP contribution in [0.2, 0.25) is 0 Å². The first kappa shape index (κ1) is 24.7. The van der Waals surface area contributed by atoms with Crippen LogP contribution in [0.4, 0.5) is 0 Å². The molecule has 1 atom stereocenters. The number of nitrogens with one attached hydrogen (secondary N) is 2. The van der Waals surface area contributed by atoms with Crippen molar-refractivity contribution in [3.05, 3.63) is 88.2 Å². The lowest BCUT2D eigenvalue weighted by atomic mass is 9.94. The van der Waals surface area contributed by atoms with E-state index in [1.165, 1.54) is 29.8 Å². The number of fused-ring (bicyclic) bond motifs is 2. The Morgan fingerprint density at radius 3 is 2.68 bits per heavy atom. The quantitative estimate of drug-likeness (QED) is 0.423. The van der Waals surface area contributed by atoms with Crippen molar-refractivity contribution >= 4 is 39.7 Å². The topological polar surface area (TPSA) is 96.0 Å². The van der Waals surface area contributed by atoms with Gasteiger partial charge in [-0.05, 0) is 48.1 Å². The number of carbonyl (C=O) groups excluding carboxylic acids is 2. The Morgan fingerprint density at radius 2 is 1.92 bits per heavy atom. The van der Waals surface area contributed by atoms with Gasteiger partial charge in [0.05, 0.1) is 38.0 Å². The van der Waals surface area contributed by atoms with Gasteiger partial charge in [0.25, 0.3) is 0 Å². The Kier molecular flexibility index (Phi) is 7.05. The summed E-state index contributed by atoms with van der Waals surface area (Å²) >= 11 is 1.45. The van der Waals surface area contributed by atoms with Crippen LogP contribution in [-0.4, -0.2) is 47.7 Å².